The summed E-state index contributed by atoms with van der Waals surface area (Å²) in [5.74, 6) is -0.383. The second kappa shape index (κ2) is 5.42. The lowest BCUT2D eigenvalue weighted by molar-refractivity contribution is 0.0687. The third-order valence-corrected chi connectivity index (χ3v) is 4.21. The zero-order valence-corrected chi connectivity index (χ0v) is 13.5. The lowest BCUT2D eigenvalue weighted by atomic mass is 10.1. The minimum atomic E-state index is -1.06. The number of carbonyl (C=O) groups is 1. The van der Waals surface area contributed by atoms with Gasteiger partial charge in [-0.3, -0.25) is 0 Å². The van der Waals surface area contributed by atoms with E-state index in [9.17, 15) is 9.90 Å². The molecule has 0 aliphatic rings. The molecule has 6 nitrogen and oxygen atoms in total. The fraction of sp³-hybridized carbons (Fsp3) is 0.133. The van der Waals surface area contributed by atoms with Gasteiger partial charge in [-0.15, -0.1) is 0 Å². The van der Waals surface area contributed by atoms with Crippen molar-refractivity contribution in [3.63, 3.8) is 0 Å². The van der Waals surface area contributed by atoms with Gasteiger partial charge in [-0.05, 0) is 41.1 Å². The molecular weight excluding hydrogens is 350 g/mol. The van der Waals surface area contributed by atoms with Gasteiger partial charge in [-0.2, -0.15) is 5.10 Å². The number of fused-ring (bicyclic) bond motifs is 1. The van der Waals surface area contributed by atoms with Gasteiger partial charge in [0, 0.05) is 5.56 Å². The highest BCUT2D eigenvalue weighted by atomic mass is 79.9. The van der Waals surface area contributed by atoms with E-state index in [1.165, 1.54) is 10.6 Å². The highest BCUT2D eigenvalue weighted by Crippen LogP contribution is 2.27. The molecule has 2 heterocycles. The Labute approximate surface area is 134 Å². The fourth-order valence-electron chi connectivity index (χ4n) is 2.18. The van der Waals surface area contributed by atoms with Crippen LogP contribution in [0.5, 0.6) is 5.75 Å². The highest BCUT2D eigenvalue weighted by Gasteiger charge is 2.18. The molecular formula is C15H12BrN3O3. The normalized spacial score (nSPS) is 10.9. The average Bonchev–Trinajstić information content (AvgIpc) is 2.81. The Morgan fingerprint density at radius 1 is 1.36 bits per heavy atom. The van der Waals surface area contributed by atoms with Crippen LogP contribution in [0.4, 0.5) is 0 Å². The maximum Gasteiger partial charge on any atom is 0.354 e. The summed E-state index contributed by atoms with van der Waals surface area (Å²) in [5, 5.41) is 13.6. The van der Waals surface area contributed by atoms with Crippen LogP contribution in [0.15, 0.2) is 34.8 Å². The Hall–Kier alpha value is -2.41. The minimum absolute atomic E-state index is 0.0524. The number of ether oxygens (including phenoxy) is 1. The Morgan fingerprint density at radius 2 is 2.14 bits per heavy atom. The van der Waals surface area contributed by atoms with Crippen LogP contribution >= 0.6 is 15.9 Å². The third-order valence-electron chi connectivity index (χ3n) is 3.28. The van der Waals surface area contributed by atoms with Gasteiger partial charge >= 0.3 is 5.97 Å². The van der Waals surface area contributed by atoms with Crippen molar-refractivity contribution in [3.05, 3.63) is 46.2 Å². The smallest absolute Gasteiger partial charge is 0.354 e. The van der Waals surface area contributed by atoms with Crippen molar-refractivity contribution in [1.82, 2.24) is 14.6 Å². The van der Waals surface area contributed by atoms with Crippen LogP contribution in [-0.4, -0.2) is 32.8 Å². The van der Waals surface area contributed by atoms with E-state index in [1.54, 1.807) is 14.0 Å². The van der Waals surface area contributed by atoms with Gasteiger partial charge in [0.15, 0.2) is 11.3 Å². The van der Waals surface area contributed by atoms with E-state index in [0.717, 1.165) is 5.56 Å². The number of halogens is 1. The number of benzene rings is 1. The van der Waals surface area contributed by atoms with E-state index < -0.39 is 5.97 Å². The number of aromatic carboxylic acids is 1. The van der Waals surface area contributed by atoms with Crippen LogP contribution in [0.3, 0.4) is 0 Å². The first-order valence-electron chi connectivity index (χ1n) is 6.45. The molecule has 2 aromatic heterocycles. The predicted molar refractivity (Wildman–Crippen MR) is 84.4 cm³/mol. The molecule has 0 amide bonds. The SMILES string of the molecule is COc1cccc(-c2cc(C(=O)O)n3nc(C)c(Br)c3n2)c1. The molecule has 0 unspecified atom stereocenters. The predicted octanol–water partition coefficient (Wildman–Crippen LogP) is 3.17. The number of aryl methyl sites for hydroxylation is 1. The van der Waals surface area contributed by atoms with Crippen LogP contribution in [-0.2, 0) is 0 Å². The fourth-order valence-corrected chi connectivity index (χ4v) is 2.52. The van der Waals surface area contributed by atoms with Crippen LogP contribution < -0.4 is 4.74 Å². The Kier molecular flexibility index (Phi) is 3.58. The number of nitrogens with zero attached hydrogens (tertiary/aromatic N) is 3. The summed E-state index contributed by atoms with van der Waals surface area (Å²) in [4.78, 5) is 16.0. The molecule has 0 saturated heterocycles. The maximum atomic E-state index is 11.5. The summed E-state index contributed by atoms with van der Waals surface area (Å²) in [6.45, 7) is 1.79. The molecule has 0 aliphatic carbocycles. The Balaban J connectivity index is 2.30. The van der Waals surface area contributed by atoms with E-state index >= 15 is 0 Å². The van der Waals surface area contributed by atoms with Crippen molar-refractivity contribution in [3.8, 4) is 17.0 Å². The van der Waals surface area contributed by atoms with E-state index in [2.05, 4.69) is 26.0 Å². The summed E-state index contributed by atoms with van der Waals surface area (Å²) >= 11 is 3.41. The molecule has 7 heteroatoms. The maximum absolute atomic E-state index is 11.5. The molecule has 112 valence electrons. The van der Waals surface area contributed by atoms with Gasteiger partial charge < -0.3 is 9.84 Å². The zero-order valence-electron chi connectivity index (χ0n) is 11.9. The molecule has 0 spiro atoms. The summed E-state index contributed by atoms with van der Waals surface area (Å²) in [6.07, 6.45) is 0. The molecule has 1 N–H and O–H groups in total. The molecule has 3 rings (SSSR count). The number of hydrogen-bond donors (Lipinski definition) is 1. The lowest BCUT2D eigenvalue weighted by Crippen LogP contribution is -2.08. The summed E-state index contributed by atoms with van der Waals surface area (Å²) in [5.41, 5.74) is 2.52. The molecule has 0 fully saturated rings. The van der Waals surface area contributed by atoms with Crippen molar-refractivity contribution < 1.29 is 14.6 Å². The summed E-state index contributed by atoms with van der Waals surface area (Å²) in [6, 6.07) is 8.81. The highest BCUT2D eigenvalue weighted by molar-refractivity contribution is 9.10. The molecule has 0 saturated carbocycles. The summed E-state index contributed by atoms with van der Waals surface area (Å²) < 4.78 is 7.20. The second-order valence-corrected chi connectivity index (χ2v) is 5.49. The first-order chi connectivity index (χ1) is 10.5. The second-order valence-electron chi connectivity index (χ2n) is 4.70. The van der Waals surface area contributed by atoms with Crippen molar-refractivity contribution >= 4 is 27.5 Å². The van der Waals surface area contributed by atoms with Crippen LogP contribution in [0, 0.1) is 6.92 Å². The van der Waals surface area contributed by atoms with Gasteiger partial charge in [-0.25, -0.2) is 14.3 Å². The molecule has 0 bridgehead atoms. The standard InChI is InChI=1S/C15H12BrN3O3/c1-8-13(16)14-17-11(7-12(15(20)21)19(14)18-8)9-4-3-5-10(6-9)22-2/h3-7H,1-2H3,(H,20,21). The number of carboxylic acids is 1. The average molecular weight is 362 g/mol. The van der Waals surface area contributed by atoms with Crippen molar-refractivity contribution in [2.24, 2.45) is 0 Å². The molecule has 22 heavy (non-hydrogen) atoms. The molecule has 3 aromatic rings. The van der Waals surface area contributed by atoms with Crippen molar-refractivity contribution in [2.45, 2.75) is 6.92 Å². The van der Waals surface area contributed by atoms with E-state index in [4.69, 9.17) is 4.74 Å². The molecule has 1 aromatic carbocycles. The largest absolute Gasteiger partial charge is 0.497 e. The lowest BCUT2D eigenvalue weighted by Gasteiger charge is -2.07. The molecule has 0 aliphatic heterocycles. The van der Waals surface area contributed by atoms with Crippen LogP contribution in [0.2, 0.25) is 0 Å². The topological polar surface area (TPSA) is 76.7 Å². The monoisotopic (exact) mass is 361 g/mol. The van der Waals surface area contributed by atoms with E-state index in [1.807, 2.05) is 24.3 Å². The number of aromatic nitrogens is 3. The minimum Gasteiger partial charge on any atom is -0.497 e. The third kappa shape index (κ3) is 2.33. The van der Waals surface area contributed by atoms with Gasteiger partial charge in [-0.1, -0.05) is 12.1 Å². The van der Waals surface area contributed by atoms with Gasteiger partial charge in [0.25, 0.3) is 0 Å². The number of methoxy groups -OCH3 is 1. The Bertz CT molecular complexity index is 889. The first kappa shape index (κ1) is 14.5. The molecule has 0 atom stereocenters. The zero-order chi connectivity index (χ0) is 15.9. The number of carboxylic acid groups (broad SMARTS) is 1. The van der Waals surface area contributed by atoms with Crippen molar-refractivity contribution in [2.75, 3.05) is 7.11 Å². The first-order valence-corrected chi connectivity index (χ1v) is 7.24. The number of hydrogen-bond acceptors (Lipinski definition) is 4. The number of rotatable bonds is 3. The van der Waals surface area contributed by atoms with Gasteiger partial charge in [0.05, 0.1) is 23.0 Å². The summed E-state index contributed by atoms with van der Waals surface area (Å²) in [7, 11) is 1.58. The van der Waals surface area contributed by atoms with Crippen molar-refractivity contribution in [1.29, 1.82) is 0 Å². The van der Waals surface area contributed by atoms with E-state index in [0.29, 0.717) is 27.3 Å². The quantitative estimate of drug-likeness (QED) is 0.775. The van der Waals surface area contributed by atoms with Crippen LogP contribution in [0.1, 0.15) is 16.2 Å². The van der Waals surface area contributed by atoms with E-state index in [-0.39, 0.29) is 5.69 Å². The Morgan fingerprint density at radius 3 is 2.82 bits per heavy atom. The van der Waals surface area contributed by atoms with Gasteiger partial charge in [0.2, 0.25) is 0 Å². The molecule has 0 radical (unpaired) electrons. The van der Waals surface area contributed by atoms with Crippen LogP contribution in [0.25, 0.3) is 16.9 Å². The van der Waals surface area contributed by atoms with Gasteiger partial charge in [0.1, 0.15) is 5.75 Å².